The summed E-state index contributed by atoms with van der Waals surface area (Å²) >= 11 is 0. The van der Waals surface area contributed by atoms with E-state index in [0.29, 0.717) is 41.0 Å². The Kier molecular flexibility index (Phi) is 4.49. The highest BCUT2D eigenvalue weighted by Crippen LogP contribution is 2.43. The summed E-state index contributed by atoms with van der Waals surface area (Å²) in [6.07, 6.45) is -0.769. The van der Waals surface area contributed by atoms with Crippen LogP contribution in [-0.2, 0) is 25.4 Å². The van der Waals surface area contributed by atoms with Crippen LogP contribution in [0.25, 0.3) is 22.2 Å². The average Bonchev–Trinajstić information content (AvgIpc) is 3.13. The summed E-state index contributed by atoms with van der Waals surface area (Å²) in [6, 6.07) is 12.1. The second kappa shape index (κ2) is 7.13. The molecule has 1 atom stereocenters. The van der Waals surface area contributed by atoms with Crippen LogP contribution in [0.15, 0.2) is 52.1 Å². The Labute approximate surface area is 183 Å². The first kappa shape index (κ1) is 20.1. The van der Waals surface area contributed by atoms with Gasteiger partial charge in [-0.05, 0) is 36.8 Å². The molecule has 2 N–H and O–H groups in total. The van der Waals surface area contributed by atoms with Crippen LogP contribution in [0.2, 0.25) is 0 Å². The fraction of sp³-hybridized carbons (Fsp3) is 0.250. The lowest BCUT2D eigenvalue weighted by Gasteiger charge is -2.28. The highest BCUT2D eigenvalue weighted by molar-refractivity contribution is 5.96. The Hall–Kier alpha value is -3.78. The van der Waals surface area contributed by atoms with E-state index in [9.17, 15) is 19.8 Å². The second-order valence-electron chi connectivity index (χ2n) is 8.18. The van der Waals surface area contributed by atoms with E-state index < -0.39 is 11.8 Å². The maximum Gasteiger partial charge on any atom is 0.331 e. The highest BCUT2D eigenvalue weighted by Gasteiger charge is 2.34. The summed E-state index contributed by atoms with van der Waals surface area (Å²) in [5.74, 6) is -0.0559. The predicted molar refractivity (Wildman–Crippen MR) is 120 cm³/mol. The Morgan fingerprint density at radius 1 is 1.03 bits per heavy atom. The van der Waals surface area contributed by atoms with Gasteiger partial charge in [-0.25, -0.2) is 4.79 Å². The molecule has 2 aromatic carbocycles. The molecule has 0 aliphatic carbocycles. The van der Waals surface area contributed by atoms with Crippen LogP contribution < -0.4 is 11.2 Å². The number of aryl methyl sites for hydroxylation is 2. The molecule has 2 aromatic heterocycles. The number of aromatic nitrogens is 3. The third-order valence-electron chi connectivity index (χ3n) is 6.14. The van der Waals surface area contributed by atoms with Gasteiger partial charge in [-0.1, -0.05) is 23.8 Å². The first-order chi connectivity index (χ1) is 15.3. The molecular weight excluding hydrogens is 410 g/mol. The fourth-order valence-electron chi connectivity index (χ4n) is 4.66. The molecule has 0 saturated heterocycles. The molecule has 1 unspecified atom stereocenters. The zero-order valence-electron chi connectivity index (χ0n) is 18.0. The quantitative estimate of drug-likeness (QED) is 0.474. The largest absolute Gasteiger partial charge is 0.508 e. The molecule has 1 aliphatic heterocycles. The molecule has 1 aliphatic rings. The number of hydrogen-bond donors (Lipinski definition) is 2. The lowest BCUT2D eigenvalue weighted by Crippen LogP contribution is -2.37. The number of hydrogen-bond acceptors (Lipinski definition) is 5. The standard InChI is InChI=1S/C24H23N3O5/c1-13-5-4-6-14(11-13)19-18-20(25(2)24(31)26(3)23(18)30)21-22(32-10-9-27(19)21)16-12-15(28)7-8-17(16)29/h4-8,11-12,22,28-29H,9-10H2,1-3H3. The van der Waals surface area contributed by atoms with Gasteiger partial charge in [0.05, 0.1) is 28.9 Å². The molecule has 0 saturated carbocycles. The van der Waals surface area contributed by atoms with Crippen LogP contribution >= 0.6 is 0 Å². The van der Waals surface area contributed by atoms with Crippen molar-refractivity contribution >= 4 is 10.9 Å². The second-order valence-corrected chi connectivity index (χ2v) is 8.18. The molecule has 0 bridgehead atoms. The number of nitrogens with zero attached hydrogens (tertiary/aromatic N) is 3. The predicted octanol–water partition coefficient (Wildman–Crippen LogP) is 2.54. The van der Waals surface area contributed by atoms with Crippen molar-refractivity contribution in [1.82, 2.24) is 13.7 Å². The van der Waals surface area contributed by atoms with Crippen molar-refractivity contribution in [2.45, 2.75) is 19.6 Å². The van der Waals surface area contributed by atoms with E-state index in [1.54, 1.807) is 7.05 Å². The molecule has 5 rings (SSSR count). The Morgan fingerprint density at radius 2 is 1.81 bits per heavy atom. The summed E-state index contributed by atoms with van der Waals surface area (Å²) < 4.78 is 10.6. The number of rotatable bonds is 2. The van der Waals surface area contributed by atoms with Crippen molar-refractivity contribution in [2.75, 3.05) is 6.61 Å². The molecule has 3 heterocycles. The van der Waals surface area contributed by atoms with Crippen molar-refractivity contribution in [3.63, 3.8) is 0 Å². The van der Waals surface area contributed by atoms with Crippen LogP contribution in [0, 0.1) is 6.92 Å². The molecule has 0 spiro atoms. The molecule has 0 amide bonds. The van der Waals surface area contributed by atoms with Crippen molar-refractivity contribution < 1.29 is 14.9 Å². The Morgan fingerprint density at radius 3 is 2.56 bits per heavy atom. The maximum absolute atomic E-state index is 13.4. The first-order valence-corrected chi connectivity index (χ1v) is 10.3. The van der Waals surface area contributed by atoms with Crippen molar-refractivity contribution in [3.05, 3.63) is 80.1 Å². The van der Waals surface area contributed by atoms with Gasteiger partial charge in [-0.3, -0.25) is 13.9 Å². The lowest BCUT2D eigenvalue weighted by atomic mass is 10.0. The normalized spacial score (nSPS) is 15.8. The van der Waals surface area contributed by atoms with Gasteiger partial charge in [-0.15, -0.1) is 0 Å². The van der Waals surface area contributed by atoms with E-state index in [4.69, 9.17) is 4.74 Å². The van der Waals surface area contributed by atoms with Gasteiger partial charge in [0.1, 0.15) is 17.6 Å². The summed E-state index contributed by atoms with van der Waals surface area (Å²) in [5, 5.41) is 21.0. The molecule has 0 fully saturated rings. The number of phenols is 2. The lowest BCUT2D eigenvalue weighted by molar-refractivity contribution is 0.0463. The summed E-state index contributed by atoms with van der Waals surface area (Å²) in [4.78, 5) is 26.2. The summed E-state index contributed by atoms with van der Waals surface area (Å²) in [7, 11) is 3.09. The van der Waals surface area contributed by atoms with Crippen LogP contribution in [0.1, 0.15) is 22.9 Å². The van der Waals surface area contributed by atoms with E-state index in [1.807, 2.05) is 35.8 Å². The number of fused-ring (bicyclic) bond motifs is 3. The van der Waals surface area contributed by atoms with Gasteiger partial charge in [0.2, 0.25) is 0 Å². The molecular formula is C24H23N3O5. The topological polar surface area (TPSA) is 98.6 Å². The molecule has 8 nitrogen and oxygen atoms in total. The van der Waals surface area contributed by atoms with Gasteiger partial charge in [0.15, 0.2) is 0 Å². The third-order valence-corrected chi connectivity index (χ3v) is 6.14. The minimum absolute atomic E-state index is 0.0157. The van der Waals surface area contributed by atoms with E-state index >= 15 is 0 Å². The summed E-state index contributed by atoms with van der Waals surface area (Å²) in [6.45, 7) is 2.79. The molecule has 4 aromatic rings. The average molecular weight is 433 g/mol. The zero-order chi connectivity index (χ0) is 22.7. The number of phenolic OH excluding ortho intramolecular Hbond substituents is 2. The van der Waals surface area contributed by atoms with Crippen LogP contribution in [0.5, 0.6) is 11.5 Å². The van der Waals surface area contributed by atoms with Gasteiger partial charge in [0, 0.05) is 26.2 Å². The van der Waals surface area contributed by atoms with Gasteiger partial charge in [-0.2, -0.15) is 0 Å². The van der Waals surface area contributed by atoms with Gasteiger partial charge >= 0.3 is 5.69 Å². The van der Waals surface area contributed by atoms with Crippen molar-refractivity contribution in [3.8, 4) is 22.8 Å². The van der Waals surface area contributed by atoms with Crippen molar-refractivity contribution in [2.24, 2.45) is 14.1 Å². The van der Waals surface area contributed by atoms with Crippen molar-refractivity contribution in [1.29, 1.82) is 0 Å². The fourth-order valence-corrected chi connectivity index (χ4v) is 4.66. The SMILES string of the molecule is Cc1cccc(-c2c3c(=O)n(C)c(=O)n(C)c3c3n2CCOC3c2cc(O)ccc2O)c1. The highest BCUT2D eigenvalue weighted by atomic mass is 16.5. The number of benzene rings is 2. The van der Waals surface area contributed by atoms with E-state index in [-0.39, 0.29) is 17.1 Å². The minimum Gasteiger partial charge on any atom is -0.508 e. The number of ether oxygens (including phenoxy) is 1. The van der Waals surface area contributed by atoms with Gasteiger partial charge in [0.25, 0.3) is 5.56 Å². The summed E-state index contributed by atoms with van der Waals surface area (Å²) in [5.41, 5.74) is 3.21. The Balaban J connectivity index is 1.97. The van der Waals surface area contributed by atoms with E-state index in [0.717, 1.165) is 15.7 Å². The van der Waals surface area contributed by atoms with Gasteiger partial charge < -0.3 is 19.5 Å². The molecule has 32 heavy (non-hydrogen) atoms. The minimum atomic E-state index is -0.769. The zero-order valence-corrected chi connectivity index (χ0v) is 18.0. The van der Waals surface area contributed by atoms with E-state index in [2.05, 4.69) is 0 Å². The van der Waals surface area contributed by atoms with Crippen LogP contribution in [-0.4, -0.2) is 30.5 Å². The molecule has 164 valence electrons. The number of aromatic hydroxyl groups is 2. The van der Waals surface area contributed by atoms with Crippen LogP contribution in [0.4, 0.5) is 0 Å². The first-order valence-electron chi connectivity index (χ1n) is 10.3. The molecule has 8 heteroatoms. The third kappa shape index (κ3) is 2.80. The van der Waals surface area contributed by atoms with E-state index in [1.165, 1.54) is 29.8 Å². The monoisotopic (exact) mass is 433 g/mol. The Bertz CT molecular complexity index is 1510. The smallest absolute Gasteiger partial charge is 0.331 e. The maximum atomic E-state index is 13.4. The molecule has 0 radical (unpaired) electrons. The van der Waals surface area contributed by atoms with Crippen LogP contribution in [0.3, 0.4) is 0 Å².